The summed E-state index contributed by atoms with van der Waals surface area (Å²) in [6.07, 6.45) is 0.218. The predicted molar refractivity (Wildman–Crippen MR) is 49.8 cm³/mol. The zero-order valence-corrected chi connectivity index (χ0v) is 8.32. The van der Waals surface area contributed by atoms with Crippen molar-refractivity contribution in [2.45, 2.75) is 28.9 Å². The Balaban J connectivity index is 2.50. The van der Waals surface area contributed by atoms with E-state index in [9.17, 15) is 9.32 Å². The topological polar surface area (TPSA) is 37.3 Å². The Kier molecular flexibility index (Phi) is 2.06. The lowest BCUT2D eigenvalue weighted by molar-refractivity contribution is 0.163. The van der Waals surface area contributed by atoms with Gasteiger partial charge in [-0.1, -0.05) is 6.92 Å². The SMILES string of the molecule is CC1C[C@H](O)c2ccsc2S1=O. The molecule has 0 fully saturated rings. The molecule has 2 heterocycles. The van der Waals surface area contributed by atoms with Crippen LogP contribution in [0.5, 0.6) is 0 Å². The molecule has 2 nitrogen and oxygen atoms in total. The van der Waals surface area contributed by atoms with Crippen molar-refractivity contribution in [2.75, 3.05) is 0 Å². The van der Waals surface area contributed by atoms with E-state index < -0.39 is 16.9 Å². The van der Waals surface area contributed by atoms with Gasteiger partial charge in [0.25, 0.3) is 0 Å². The van der Waals surface area contributed by atoms with Gasteiger partial charge in [-0.3, -0.25) is 4.21 Å². The lowest BCUT2D eigenvalue weighted by Gasteiger charge is -2.22. The summed E-state index contributed by atoms with van der Waals surface area (Å²) in [6, 6.07) is 1.87. The maximum Gasteiger partial charge on any atom is 0.0971 e. The molecule has 0 bridgehead atoms. The second-order valence-electron chi connectivity index (χ2n) is 3.02. The van der Waals surface area contributed by atoms with Crippen LogP contribution in [0, 0.1) is 0 Å². The van der Waals surface area contributed by atoms with Gasteiger partial charge in [-0.05, 0) is 17.9 Å². The fourth-order valence-electron chi connectivity index (χ4n) is 1.43. The first-order valence-corrected chi connectivity index (χ1v) is 5.95. The van der Waals surface area contributed by atoms with Crippen LogP contribution in [-0.2, 0) is 10.8 Å². The normalized spacial score (nSPS) is 34.7. The van der Waals surface area contributed by atoms with Crippen LogP contribution in [-0.4, -0.2) is 14.6 Å². The first-order chi connectivity index (χ1) is 5.70. The molecule has 66 valence electrons. The molecule has 2 rings (SSSR count). The van der Waals surface area contributed by atoms with Crippen LogP contribution < -0.4 is 0 Å². The van der Waals surface area contributed by atoms with E-state index in [4.69, 9.17) is 0 Å². The second kappa shape index (κ2) is 2.94. The Morgan fingerprint density at radius 1 is 1.75 bits per heavy atom. The molecular weight excluding hydrogens is 192 g/mol. The molecule has 0 aliphatic carbocycles. The minimum atomic E-state index is -0.891. The molecule has 0 amide bonds. The summed E-state index contributed by atoms with van der Waals surface area (Å²) in [5.74, 6) is 0. The first-order valence-electron chi connectivity index (χ1n) is 3.86. The minimum absolute atomic E-state index is 0.0890. The number of aliphatic hydroxyl groups excluding tert-OH is 1. The third-order valence-electron chi connectivity index (χ3n) is 2.12. The number of fused-ring (bicyclic) bond motifs is 1. The Bertz CT molecular complexity index is 319. The van der Waals surface area contributed by atoms with E-state index in [1.165, 1.54) is 11.3 Å². The highest BCUT2D eigenvalue weighted by Crippen LogP contribution is 2.36. The van der Waals surface area contributed by atoms with Crippen LogP contribution in [0.25, 0.3) is 0 Å². The summed E-state index contributed by atoms with van der Waals surface area (Å²) in [5.41, 5.74) is 0.872. The van der Waals surface area contributed by atoms with Gasteiger partial charge in [-0.15, -0.1) is 11.3 Å². The van der Waals surface area contributed by atoms with E-state index >= 15 is 0 Å². The van der Waals surface area contributed by atoms with Crippen molar-refractivity contribution < 1.29 is 9.32 Å². The average molecular weight is 202 g/mol. The van der Waals surface area contributed by atoms with Crippen molar-refractivity contribution in [3.8, 4) is 0 Å². The number of rotatable bonds is 0. The van der Waals surface area contributed by atoms with Gasteiger partial charge in [0.15, 0.2) is 0 Å². The largest absolute Gasteiger partial charge is 0.388 e. The van der Waals surface area contributed by atoms with Crippen LogP contribution in [0.1, 0.15) is 25.0 Å². The highest BCUT2D eigenvalue weighted by atomic mass is 32.2. The summed E-state index contributed by atoms with van der Waals surface area (Å²) in [4.78, 5) is 0. The molecule has 3 atom stereocenters. The maximum absolute atomic E-state index is 11.6. The standard InChI is InChI=1S/C8H10O2S2/c1-5-4-7(9)6-2-3-11-8(6)12(5)10/h2-3,5,7,9H,4H2,1H3/t5?,7-,12?/m0/s1. The van der Waals surface area contributed by atoms with E-state index in [-0.39, 0.29) is 5.25 Å². The molecule has 1 aliphatic heterocycles. The Morgan fingerprint density at radius 3 is 3.25 bits per heavy atom. The lowest BCUT2D eigenvalue weighted by Crippen LogP contribution is -2.21. The van der Waals surface area contributed by atoms with Crippen molar-refractivity contribution >= 4 is 22.1 Å². The number of aliphatic hydroxyl groups is 1. The van der Waals surface area contributed by atoms with Gasteiger partial charge >= 0.3 is 0 Å². The molecule has 1 aromatic heterocycles. The lowest BCUT2D eigenvalue weighted by atomic mass is 10.1. The summed E-state index contributed by atoms with van der Waals surface area (Å²) in [5, 5.41) is 11.6. The summed E-state index contributed by atoms with van der Waals surface area (Å²) in [6.45, 7) is 1.92. The van der Waals surface area contributed by atoms with Gasteiger partial charge in [-0.2, -0.15) is 0 Å². The quantitative estimate of drug-likeness (QED) is 0.695. The Labute approximate surface area is 77.7 Å². The molecule has 0 aromatic carbocycles. The van der Waals surface area contributed by atoms with Gasteiger partial charge in [-0.25, -0.2) is 0 Å². The zero-order valence-electron chi connectivity index (χ0n) is 6.69. The molecule has 0 saturated heterocycles. The second-order valence-corrected chi connectivity index (χ2v) is 6.01. The molecule has 4 heteroatoms. The van der Waals surface area contributed by atoms with Crippen molar-refractivity contribution in [3.63, 3.8) is 0 Å². The van der Waals surface area contributed by atoms with Crippen molar-refractivity contribution in [2.24, 2.45) is 0 Å². The molecule has 0 saturated carbocycles. The smallest absolute Gasteiger partial charge is 0.0971 e. The fraction of sp³-hybridized carbons (Fsp3) is 0.500. The predicted octanol–water partition coefficient (Wildman–Crippen LogP) is 1.68. The van der Waals surface area contributed by atoms with E-state index in [1.807, 2.05) is 18.4 Å². The molecular formula is C8H10O2S2. The van der Waals surface area contributed by atoms with Crippen molar-refractivity contribution in [1.29, 1.82) is 0 Å². The van der Waals surface area contributed by atoms with Crippen LogP contribution in [0.2, 0.25) is 0 Å². The number of thiophene rings is 1. The summed E-state index contributed by atoms with van der Waals surface area (Å²) >= 11 is 1.48. The Hall–Kier alpha value is -0.190. The third-order valence-corrected chi connectivity index (χ3v) is 5.15. The molecule has 12 heavy (non-hydrogen) atoms. The molecule has 1 aromatic rings. The fourth-order valence-corrected chi connectivity index (χ4v) is 4.30. The molecule has 1 aliphatic rings. The van der Waals surface area contributed by atoms with Crippen molar-refractivity contribution in [1.82, 2.24) is 0 Å². The van der Waals surface area contributed by atoms with Crippen LogP contribution in [0.4, 0.5) is 0 Å². The van der Waals surface area contributed by atoms with E-state index in [0.717, 1.165) is 9.77 Å². The summed E-state index contributed by atoms with van der Waals surface area (Å²) < 4.78 is 12.5. The highest BCUT2D eigenvalue weighted by molar-refractivity contribution is 7.88. The first kappa shape index (κ1) is 8.41. The maximum atomic E-state index is 11.6. The van der Waals surface area contributed by atoms with Gasteiger partial charge in [0, 0.05) is 10.8 Å². The number of hydrogen-bond acceptors (Lipinski definition) is 3. The monoisotopic (exact) mass is 202 g/mol. The third kappa shape index (κ3) is 1.14. The molecule has 1 N–H and O–H groups in total. The van der Waals surface area contributed by atoms with Crippen molar-refractivity contribution in [3.05, 3.63) is 17.0 Å². The minimum Gasteiger partial charge on any atom is -0.388 e. The molecule has 0 radical (unpaired) electrons. The van der Waals surface area contributed by atoms with Gasteiger partial charge < -0.3 is 5.11 Å². The Morgan fingerprint density at radius 2 is 2.50 bits per heavy atom. The van der Waals surface area contributed by atoms with Crippen LogP contribution in [0.15, 0.2) is 15.7 Å². The van der Waals surface area contributed by atoms with E-state index in [0.29, 0.717) is 6.42 Å². The zero-order chi connectivity index (χ0) is 8.72. The average Bonchev–Trinajstić information content (AvgIpc) is 2.48. The van der Waals surface area contributed by atoms with Gasteiger partial charge in [0.2, 0.25) is 0 Å². The van der Waals surface area contributed by atoms with Crippen LogP contribution in [0.3, 0.4) is 0 Å². The molecule has 2 unspecified atom stereocenters. The van der Waals surface area contributed by atoms with E-state index in [1.54, 1.807) is 0 Å². The van der Waals surface area contributed by atoms with Gasteiger partial charge in [0.05, 0.1) is 21.1 Å². The highest BCUT2D eigenvalue weighted by Gasteiger charge is 2.29. The number of hydrogen-bond donors (Lipinski definition) is 1. The van der Waals surface area contributed by atoms with E-state index in [2.05, 4.69) is 0 Å². The van der Waals surface area contributed by atoms with Gasteiger partial charge in [0.1, 0.15) is 0 Å². The molecule has 0 spiro atoms. The van der Waals surface area contributed by atoms with Crippen LogP contribution >= 0.6 is 11.3 Å². The summed E-state index contributed by atoms with van der Waals surface area (Å²) in [7, 11) is -0.891.